The second-order valence-electron chi connectivity index (χ2n) is 2.82. The largest absolute Gasteiger partial charge is 0.481 e. The quantitative estimate of drug-likeness (QED) is 0.648. The van der Waals surface area contributed by atoms with Gasteiger partial charge in [-0.15, -0.1) is 0 Å². The summed E-state index contributed by atoms with van der Waals surface area (Å²) in [7, 11) is 0. The molecule has 0 unspecified atom stereocenters. The highest BCUT2D eigenvalue weighted by atomic mass is 79.9. The minimum atomic E-state index is -0.893. The van der Waals surface area contributed by atoms with Gasteiger partial charge in [0, 0.05) is 6.42 Å². The zero-order chi connectivity index (χ0) is 11.4. The maximum absolute atomic E-state index is 10.4. The molecule has 0 aliphatic rings. The molecule has 1 aromatic heterocycles. The number of rotatable bonds is 5. The fraction of sp³-hybridized carbons (Fsp3) is 0.429. The summed E-state index contributed by atoms with van der Waals surface area (Å²) in [6.45, 7) is 0.346. The SMILES string of the molecule is O=C(O)CCCn1cc(Br)c([N+](=O)[O-])n1. The van der Waals surface area contributed by atoms with Gasteiger partial charge < -0.3 is 15.2 Å². The van der Waals surface area contributed by atoms with E-state index in [1.165, 1.54) is 10.9 Å². The third-order valence-corrected chi connectivity index (χ3v) is 2.21. The van der Waals surface area contributed by atoms with Crippen LogP contribution in [0.15, 0.2) is 10.7 Å². The molecule has 0 aliphatic heterocycles. The van der Waals surface area contributed by atoms with E-state index in [0.717, 1.165) is 0 Å². The zero-order valence-corrected chi connectivity index (χ0v) is 9.18. The molecule has 0 fully saturated rings. The lowest BCUT2D eigenvalue weighted by Crippen LogP contribution is -2.03. The van der Waals surface area contributed by atoms with Crippen molar-refractivity contribution in [1.29, 1.82) is 0 Å². The van der Waals surface area contributed by atoms with Crippen LogP contribution in [-0.2, 0) is 11.3 Å². The Morgan fingerprint density at radius 3 is 2.87 bits per heavy atom. The molecule has 0 saturated heterocycles. The van der Waals surface area contributed by atoms with Crippen LogP contribution in [0.5, 0.6) is 0 Å². The molecule has 0 atom stereocenters. The van der Waals surface area contributed by atoms with Crippen molar-refractivity contribution in [1.82, 2.24) is 9.78 Å². The van der Waals surface area contributed by atoms with E-state index in [9.17, 15) is 14.9 Å². The van der Waals surface area contributed by atoms with Crippen molar-refractivity contribution < 1.29 is 14.8 Å². The summed E-state index contributed by atoms with van der Waals surface area (Å²) in [5.74, 6) is -1.15. The Labute approximate surface area is 93.0 Å². The average Bonchev–Trinajstić information content (AvgIpc) is 2.46. The lowest BCUT2D eigenvalue weighted by molar-refractivity contribution is -0.390. The summed E-state index contributed by atoms with van der Waals surface area (Å²) in [6.07, 6.45) is 1.87. The van der Waals surface area contributed by atoms with Gasteiger partial charge in [0.25, 0.3) is 0 Å². The van der Waals surface area contributed by atoms with Gasteiger partial charge in [0.1, 0.15) is 4.47 Å². The van der Waals surface area contributed by atoms with Crippen molar-refractivity contribution in [2.75, 3.05) is 0 Å². The van der Waals surface area contributed by atoms with Crippen LogP contribution in [0.25, 0.3) is 0 Å². The number of aromatic nitrogens is 2. The molecule has 1 aromatic rings. The molecule has 0 bridgehead atoms. The summed E-state index contributed by atoms with van der Waals surface area (Å²) in [4.78, 5) is 20.0. The van der Waals surface area contributed by atoms with Gasteiger partial charge in [-0.25, -0.2) is 0 Å². The predicted octanol–water partition coefficient (Wildman–Crippen LogP) is 1.42. The molecule has 1 N–H and O–H groups in total. The maximum Gasteiger partial charge on any atom is 0.404 e. The van der Waals surface area contributed by atoms with Crippen LogP contribution in [0.3, 0.4) is 0 Å². The van der Waals surface area contributed by atoms with E-state index in [-0.39, 0.29) is 12.2 Å². The Balaban J connectivity index is 2.59. The lowest BCUT2D eigenvalue weighted by Gasteiger charge is -1.93. The van der Waals surface area contributed by atoms with Gasteiger partial charge in [-0.3, -0.25) is 4.79 Å². The normalized spacial score (nSPS) is 10.2. The number of aliphatic carboxylic acids is 1. The smallest absolute Gasteiger partial charge is 0.404 e. The highest BCUT2D eigenvalue weighted by Crippen LogP contribution is 2.22. The molecule has 1 rings (SSSR count). The van der Waals surface area contributed by atoms with Crippen LogP contribution in [0.1, 0.15) is 12.8 Å². The molecule has 15 heavy (non-hydrogen) atoms. The van der Waals surface area contributed by atoms with Gasteiger partial charge in [0.2, 0.25) is 0 Å². The van der Waals surface area contributed by atoms with Crippen molar-refractivity contribution in [3.8, 4) is 0 Å². The van der Waals surface area contributed by atoms with Gasteiger partial charge in [-0.05, 0) is 27.3 Å². The van der Waals surface area contributed by atoms with E-state index in [4.69, 9.17) is 5.11 Å². The summed E-state index contributed by atoms with van der Waals surface area (Å²) in [6, 6.07) is 0. The highest BCUT2D eigenvalue weighted by Gasteiger charge is 2.18. The van der Waals surface area contributed by atoms with Crippen LogP contribution >= 0.6 is 15.9 Å². The van der Waals surface area contributed by atoms with Crippen LogP contribution in [0.2, 0.25) is 0 Å². The number of hydrogen-bond acceptors (Lipinski definition) is 4. The van der Waals surface area contributed by atoms with Crippen molar-refractivity contribution in [3.05, 3.63) is 20.8 Å². The molecule has 0 aliphatic carbocycles. The summed E-state index contributed by atoms with van der Waals surface area (Å²) in [5.41, 5.74) is 0. The monoisotopic (exact) mass is 277 g/mol. The van der Waals surface area contributed by atoms with Crippen LogP contribution < -0.4 is 0 Å². The number of carboxylic acid groups (broad SMARTS) is 1. The number of aryl methyl sites for hydroxylation is 1. The Hall–Kier alpha value is -1.44. The van der Waals surface area contributed by atoms with E-state index in [2.05, 4.69) is 21.0 Å². The van der Waals surface area contributed by atoms with Gasteiger partial charge in [-0.1, -0.05) is 0 Å². The van der Waals surface area contributed by atoms with Crippen LogP contribution in [0, 0.1) is 10.1 Å². The van der Waals surface area contributed by atoms with Crippen molar-refractivity contribution in [3.63, 3.8) is 0 Å². The molecule has 0 amide bonds. The molecule has 0 radical (unpaired) electrons. The molecule has 0 saturated carbocycles. The fourth-order valence-electron chi connectivity index (χ4n) is 1.02. The molecule has 7 nitrogen and oxygen atoms in total. The number of hydrogen-bond donors (Lipinski definition) is 1. The summed E-state index contributed by atoms with van der Waals surface area (Å²) >= 11 is 3.00. The van der Waals surface area contributed by atoms with E-state index >= 15 is 0 Å². The third kappa shape index (κ3) is 3.31. The average molecular weight is 278 g/mol. The number of carboxylic acids is 1. The second-order valence-corrected chi connectivity index (χ2v) is 3.67. The molecule has 82 valence electrons. The van der Waals surface area contributed by atoms with E-state index < -0.39 is 10.9 Å². The Morgan fingerprint density at radius 1 is 1.73 bits per heavy atom. The predicted molar refractivity (Wildman–Crippen MR) is 53.5 cm³/mol. The summed E-state index contributed by atoms with van der Waals surface area (Å²) in [5, 5.41) is 22.5. The zero-order valence-electron chi connectivity index (χ0n) is 7.59. The minimum absolute atomic E-state index is 0.0191. The van der Waals surface area contributed by atoms with Gasteiger partial charge in [-0.2, -0.15) is 4.68 Å². The molecular formula is C7H8BrN3O4. The van der Waals surface area contributed by atoms with E-state index in [1.54, 1.807) is 0 Å². The van der Waals surface area contributed by atoms with Crippen LogP contribution in [-0.4, -0.2) is 25.8 Å². The Morgan fingerprint density at radius 2 is 2.40 bits per heavy atom. The molecular weight excluding hydrogens is 270 g/mol. The first kappa shape index (κ1) is 11.6. The van der Waals surface area contributed by atoms with Gasteiger partial charge in [0.15, 0.2) is 0 Å². The topological polar surface area (TPSA) is 98.3 Å². The fourth-order valence-corrected chi connectivity index (χ4v) is 1.48. The van der Waals surface area contributed by atoms with E-state index in [1.807, 2.05) is 0 Å². The summed E-state index contributed by atoms with van der Waals surface area (Å²) < 4.78 is 1.65. The maximum atomic E-state index is 10.4. The number of nitro groups is 1. The first-order valence-electron chi connectivity index (χ1n) is 4.10. The molecule has 1 heterocycles. The Kier molecular flexibility index (Phi) is 3.78. The number of carbonyl (C=O) groups is 1. The molecule has 0 spiro atoms. The standard InChI is InChI=1S/C7H8BrN3O4/c8-5-4-10(3-1-2-6(12)13)9-7(5)11(14)15/h4H,1-3H2,(H,12,13). The van der Waals surface area contributed by atoms with Crippen LogP contribution in [0.4, 0.5) is 5.82 Å². The van der Waals surface area contributed by atoms with Gasteiger partial charge in [0.05, 0.1) is 17.8 Å². The third-order valence-electron chi connectivity index (χ3n) is 1.65. The van der Waals surface area contributed by atoms with E-state index in [0.29, 0.717) is 17.4 Å². The van der Waals surface area contributed by atoms with Crippen molar-refractivity contribution >= 4 is 27.7 Å². The first-order valence-corrected chi connectivity index (χ1v) is 4.89. The van der Waals surface area contributed by atoms with Crippen molar-refractivity contribution in [2.24, 2.45) is 0 Å². The first-order chi connectivity index (χ1) is 7.00. The number of halogens is 1. The van der Waals surface area contributed by atoms with Crippen molar-refractivity contribution in [2.45, 2.75) is 19.4 Å². The molecule has 8 heteroatoms. The Bertz CT molecular complexity index is 390. The van der Waals surface area contributed by atoms with Gasteiger partial charge >= 0.3 is 11.8 Å². The minimum Gasteiger partial charge on any atom is -0.481 e. The second kappa shape index (κ2) is 4.87. The number of nitrogens with zero attached hydrogens (tertiary/aromatic N) is 3. The highest BCUT2D eigenvalue weighted by molar-refractivity contribution is 9.10. The molecule has 0 aromatic carbocycles. The lowest BCUT2D eigenvalue weighted by atomic mass is 10.3.